The van der Waals surface area contributed by atoms with Crippen LogP contribution in [0.3, 0.4) is 0 Å². The predicted octanol–water partition coefficient (Wildman–Crippen LogP) is 1.12. The Bertz CT molecular complexity index is 641. The van der Waals surface area contributed by atoms with Gasteiger partial charge < -0.3 is 19.6 Å². The number of rotatable bonds is 5. The fourth-order valence-corrected chi connectivity index (χ4v) is 2.43. The molecule has 1 aliphatic heterocycles. The van der Waals surface area contributed by atoms with Crippen molar-refractivity contribution >= 4 is 23.5 Å². The van der Waals surface area contributed by atoms with Gasteiger partial charge >= 0.3 is 5.97 Å². The van der Waals surface area contributed by atoms with Crippen molar-refractivity contribution in [1.29, 1.82) is 0 Å². The number of nitrogens with zero attached hydrogens (tertiary/aromatic N) is 2. The number of benzene rings is 1. The van der Waals surface area contributed by atoms with E-state index in [-0.39, 0.29) is 31.3 Å². The van der Waals surface area contributed by atoms with Crippen LogP contribution in [0.1, 0.15) is 20.3 Å². The average molecular weight is 320 g/mol. The number of carboxylic acid groups (broad SMARTS) is 1. The number of ether oxygens (including phenoxy) is 1. The van der Waals surface area contributed by atoms with Crippen LogP contribution in [0.5, 0.6) is 5.75 Å². The van der Waals surface area contributed by atoms with Gasteiger partial charge in [-0.3, -0.25) is 14.4 Å². The van der Waals surface area contributed by atoms with E-state index in [4.69, 9.17) is 9.84 Å². The molecule has 2 amide bonds. The van der Waals surface area contributed by atoms with Crippen LogP contribution in [0.25, 0.3) is 0 Å². The Morgan fingerprint density at radius 3 is 2.61 bits per heavy atom. The van der Waals surface area contributed by atoms with E-state index in [9.17, 15) is 14.4 Å². The lowest BCUT2D eigenvalue weighted by atomic mass is 10.0. The lowest BCUT2D eigenvalue weighted by Crippen LogP contribution is -2.53. The summed E-state index contributed by atoms with van der Waals surface area (Å²) in [4.78, 5) is 37.8. The molecule has 1 aliphatic rings. The van der Waals surface area contributed by atoms with Gasteiger partial charge in [-0.25, -0.2) is 0 Å². The maximum absolute atomic E-state index is 12.6. The Morgan fingerprint density at radius 2 is 1.96 bits per heavy atom. The molecule has 23 heavy (non-hydrogen) atoms. The highest BCUT2D eigenvalue weighted by atomic mass is 16.5. The van der Waals surface area contributed by atoms with E-state index in [0.717, 1.165) is 4.90 Å². The van der Waals surface area contributed by atoms with E-state index in [2.05, 4.69) is 0 Å². The van der Waals surface area contributed by atoms with Gasteiger partial charge in [0.25, 0.3) is 5.91 Å². The second kappa shape index (κ2) is 6.28. The van der Waals surface area contributed by atoms with Crippen molar-refractivity contribution in [3.63, 3.8) is 0 Å². The highest BCUT2D eigenvalue weighted by Gasteiger charge is 2.40. The summed E-state index contributed by atoms with van der Waals surface area (Å²) in [5, 5.41) is 8.72. The second-order valence-corrected chi connectivity index (χ2v) is 5.93. The number of carboxylic acids is 1. The van der Waals surface area contributed by atoms with Crippen LogP contribution in [0, 0.1) is 0 Å². The highest BCUT2D eigenvalue weighted by Crippen LogP contribution is 2.37. The van der Waals surface area contributed by atoms with Crippen molar-refractivity contribution in [1.82, 2.24) is 4.90 Å². The van der Waals surface area contributed by atoms with Crippen molar-refractivity contribution < 1.29 is 24.2 Å². The third-order valence-electron chi connectivity index (χ3n) is 3.63. The number of fused-ring (bicyclic) bond motifs is 1. The standard InChI is InChI=1S/C16H20N2O5/c1-16(2)15(22)18(11-6-4-5-7-12(11)23-16)9-8-13(19)17(3)10-14(20)21/h4-7H,8-10H2,1-3H3,(H,20,21). The molecule has 7 heteroatoms. The third kappa shape index (κ3) is 3.61. The third-order valence-corrected chi connectivity index (χ3v) is 3.63. The minimum Gasteiger partial charge on any atom is -0.480 e. The number of carbonyl (C=O) groups excluding carboxylic acids is 2. The number of hydrogen-bond donors (Lipinski definition) is 1. The molecule has 124 valence electrons. The van der Waals surface area contributed by atoms with Gasteiger partial charge in [-0.1, -0.05) is 12.1 Å². The Hall–Kier alpha value is -2.57. The fourth-order valence-electron chi connectivity index (χ4n) is 2.43. The predicted molar refractivity (Wildman–Crippen MR) is 83.4 cm³/mol. The number of anilines is 1. The molecule has 2 rings (SSSR count). The van der Waals surface area contributed by atoms with Crippen molar-refractivity contribution in [2.24, 2.45) is 0 Å². The summed E-state index contributed by atoms with van der Waals surface area (Å²) in [6, 6.07) is 7.14. The first-order valence-corrected chi connectivity index (χ1v) is 7.28. The van der Waals surface area contributed by atoms with Gasteiger partial charge in [0.2, 0.25) is 5.91 Å². The van der Waals surface area contributed by atoms with Gasteiger partial charge in [-0.05, 0) is 26.0 Å². The van der Waals surface area contributed by atoms with Crippen LogP contribution in [-0.4, -0.2) is 53.5 Å². The topological polar surface area (TPSA) is 87.2 Å². The summed E-state index contributed by atoms with van der Waals surface area (Å²) in [5.74, 6) is -1.05. The average Bonchev–Trinajstić information content (AvgIpc) is 2.46. The largest absolute Gasteiger partial charge is 0.480 e. The molecule has 0 saturated carbocycles. The first-order valence-electron chi connectivity index (χ1n) is 7.28. The van der Waals surface area contributed by atoms with Crippen LogP contribution >= 0.6 is 0 Å². The van der Waals surface area contributed by atoms with Crippen LogP contribution in [0.4, 0.5) is 5.69 Å². The minimum atomic E-state index is -1.07. The highest BCUT2D eigenvalue weighted by molar-refractivity contribution is 6.02. The zero-order valence-corrected chi connectivity index (χ0v) is 13.4. The molecule has 0 atom stereocenters. The Balaban J connectivity index is 2.14. The van der Waals surface area contributed by atoms with Crippen LogP contribution in [-0.2, 0) is 14.4 Å². The summed E-state index contributed by atoms with van der Waals surface area (Å²) in [7, 11) is 1.43. The molecule has 0 bridgehead atoms. The number of para-hydroxylation sites is 2. The van der Waals surface area contributed by atoms with Crippen molar-refractivity contribution in [2.75, 3.05) is 25.0 Å². The number of likely N-dealkylation sites (N-methyl/N-ethyl adjacent to an activating group) is 1. The molecular formula is C16H20N2O5. The minimum absolute atomic E-state index is 0.0416. The van der Waals surface area contributed by atoms with Crippen LogP contribution in [0.15, 0.2) is 24.3 Å². The van der Waals surface area contributed by atoms with Gasteiger partial charge in [-0.2, -0.15) is 0 Å². The van der Waals surface area contributed by atoms with Crippen molar-refractivity contribution in [2.45, 2.75) is 25.9 Å². The molecule has 0 aromatic heterocycles. The maximum Gasteiger partial charge on any atom is 0.323 e. The van der Waals surface area contributed by atoms with Gasteiger partial charge in [0.15, 0.2) is 5.60 Å². The summed E-state index contributed by atoms with van der Waals surface area (Å²) in [6.07, 6.45) is 0.0416. The summed E-state index contributed by atoms with van der Waals surface area (Å²) in [5.41, 5.74) is -0.393. The Kier molecular flexibility index (Phi) is 4.58. The normalized spacial score (nSPS) is 15.6. The second-order valence-electron chi connectivity index (χ2n) is 5.93. The van der Waals surface area contributed by atoms with E-state index in [1.165, 1.54) is 11.9 Å². The molecular weight excluding hydrogens is 300 g/mol. The molecule has 0 fully saturated rings. The summed E-state index contributed by atoms with van der Waals surface area (Å²) < 4.78 is 5.70. The molecule has 7 nitrogen and oxygen atoms in total. The summed E-state index contributed by atoms with van der Waals surface area (Å²) >= 11 is 0. The molecule has 1 heterocycles. The first kappa shape index (κ1) is 16.8. The van der Waals surface area contributed by atoms with Gasteiger partial charge in [0, 0.05) is 20.0 Å². The van der Waals surface area contributed by atoms with Gasteiger partial charge in [0.1, 0.15) is 12.3 Å². The number of hydrogen-bond acceptors (Lipinski definition) is 4. The Labute approximate surface area is 134 Å². The molecule has 0 unspecified atom stereocenters. The maximum atomic E-state index is 12.6. The van der Waals surface area contributed by atoms with E-state index >= 15 is 0 Å². The smallest absolute Gasteiger partial charge is 0.323 e. The van der Waals surface area contributed by atoms with Gasteiger partial charge in [0.05, 0.1) is 5.69 Å². The zero-order valence-electron chi connectivity index (χ0n) is 13.4. The molecule has 0 spiro atoms. The number of aliphatic carboxylic acids is 1. The molecule has 0 radical (unpaired) electrons. The molecule has 0 aliphatic carbocycles. The van der Waals surface area contributed by atoms with Crippen LogP contribution < -0.4 is 9.64 Å². The van der Waals surface area contributed by atoms with Crippen LogP contribution in [0.2, 0.25) is 0 Å². The van der Waals surface area contributed by atoms with E-state index in [0.29, 0.717) is 11.4 Å². The molecule has 0 saturated heterocycles. The first-order chi connectivity index (χ1) is 10.7. The molecule has 1 N–H and O–H groups in total. The SMILES string of the molecule is CN(CC(=O)O)C(=O)CCN1C(=O)C(C)(C)Oc2ccccc21. The zero-order chi connectivity index (χ0) is 17.2. The van der Waals surface area contributed by atoms with E-state index < -0.39 is 11.6 Å². The summed E-state index contributed by atoms with van der Waals surface area (Å²) in [6.45, 7) is 3.16. The number of carbonyl (C=O) groups is 3. The van der Waals surface area contributed by atoms with Crippen molar-refractivity contribution in [3.8, 4) is 5.75 Å². The van der Waals surface area contributed by atoms with E-state index in [1.54, 1.807) is 32.0 Å². The molecule has 1 aromatic rings. The van der Waals surface area contributed by atoms with Gasteiger partial charge in [-0.15, -0.1) is 0 Å². The van der Waals surface area contributed by atoms with E-state index in [1.807, 2.05) is 6.07 Å². The lowest BCUT2D eigenvalue weighted by Gasteiger charge is -2.38. The Morgan fingerprint density at radius 1 is 1.30 bits per heavy atom. The lowest BCUT2D eigenvalue weighted by molar-refractivity contribution is -0.143. The fraction of sp³-hybridized carbons (Fsp3) is 0.438. The monoisotopic (exact) mass is 320 g/mol. The quantitative estimate of drug-likeness (QED) is 0.878. The number of amides is 2. The van der Waals surface area contributed by atoms with Crippen molar-refractivity contribution in [3.05, 3.63) is 24.3 Å². The molecule has 1 aromatic carbocycles.